The number of hydrogen-bond donors (Lipinski definition) is 2. The van der Waals surface area contributed by atoms with Crippen molar-refractivity contribution in [3.05, 3.63) is 30.9 Å². The number of nitrogens with one attached hydrogen (secondary N) is 2. The average molecular weight is 232 g/mol. The molecule has 0 aliphatic rings. The molecule has 6 heteroatoms. The van der Waals surface area contributed by atoms with E-state index >= 15 is 0 Å². The topological polar surface area (TPSA) is 67.7 Å². The van der Waals surface area contributed by atoms with Crippen LogP contribution in [0.15, 0.2) is 30.9 Å². The summed E-state index contributed by atoms with van der Waals surface area (Å²) in [7, 11) is 0. The largest absolute Gasteiger partial charge is 0.384 e. The molecule has 0 spiro atoms. The summed E-state index contributed by atoms with van der Waals surface area (Å²) in [6.45, 7) is 4.53. The third kappa shape index (κ3) is 3.44. The highest BCUT2D eigenvalue weighted by Gasteiger charge is 1.96. The van der Waals surface area contributed by atoms with Crippen molar-refractivity contribution in [2.24, 2.45) is 0 Å². The summed E-state index contributed by atoms with van der Waals surface area (Å²) in [4.78, 5) is 4.16. The number of rotatable bonds is 6. The quantitative estimate of drug-likeness (QED) is 0.783. The van der Waals surface area contributed by atoms with Gasteiger partial charge >= 0.3 is 0 Å². The first-order chi connectivity index (χ1) is 8.38. The Balaban J connectivity index is 1.84. The van der Waals surface area contributed by atoms with Gasteiger partial charge in [0.2, 0.25) is 0 Å². The smallest absolute Gasteiger partial charge is 0.0692 e. The summed E-state index contributed by atoms with van der Waals surface area (Å²) in [5.41, 5.74) is 2.03. The SMILES string of the molecule is CCNc1cncc(NCCn2ccnn2)c1. The van der Waals surface area contributed by atoms with Crippen LogP contribution in [0.4, 0.5) is 11.4 Å². The van der Waals surface area contributed by atoms with Crippen LogP contribution in [0.3, 0.4) is 0 Å². The second-order valence-electron chi connectivity index (χ2n) is 3.59. The normalized spacial score (nSPS) is 10.2. The highest BCUT2D eigenvalue weighted by atomic mass is 15.4. The molecule has 2 aromatic heterocycles. The maximum atomic E-state index is 4.16. The predicted octanol–water partition coefficient (Wildman–Crippen LogP) is 1.22. The van der Waals surface area contributed by atoms with Gasteiger partial charge < -0.3 is 10.6 Å². The van der Waals surface area contributed by atoms with Crippen molar-refractivity contribution in [1.82, 2.24) is 20.0 Å². The van der Waals surface area contributed by atoms with Crippen molar-refractivity contribution >= 4 is 11.4 Å². The molecule has 2 aromatic rings. The fourth-order valence-corrected chi connectivity index (χ4v) is 1.50. The third-order valence-electron chi connectivity index (χ3n) is 2.26. The van der Waals surface area contributed by atoms with Crippen LogP contribution in [0.1, 0.15) is 6.92 Å². The van der Waals surface area contributed by atoms with E-state index in [1.807, 2.05) is 24.7 Å². The maximum Gasteiger partial charge on any atom is 0.0692 e. The lowest BCUT2D eigenvalue weighted by Gasteiger charge is -2.08. The molecule has 0 aliphatic heterocycles. The van der Waals surface area contributed by atoms with Gasteiger partial charge in [0, 0.05) is 19.3 Å². The Hall–Kier alpha value is -2.11. The number of pyridine rings is 1. The monoisotopic (exact) mass is 232 g/mol. The van der Waals surface area contributed by atoms with Gasteiger partial charge in [0.25, 0.3) is 0 Å². The van der Waals surface area contributed by atoms with E-state index in [-0.39, 0.29) is 0 Å². The Labute approximate surface area is 100 Å². The van der Waals surface area contributed by atoms with Crippen LogP contribution in [0.5, 0.6) is 0 Å². The predicted molar refractivity (Wildman–Crippen MR) is 66.9 cm³/mol. The maximum absolute atomic E-state index is 4.16. The van der Waals surface area contributed by atoms with Crippen LogP contribution < -0.4 is 10.6 Å². The van der Waals surface area contributed by atoms with Gasteiger partial charge in [0.15, 0.2) is 0 Å². The Kier molecular flexibility index (Phi) is 3.90. The minimum Gasteiger partial charge on any atom is -0.384 e. The average Bonchev–Trinajstić information content (AvgIpc) is 2.83. The standard InChI is InChI=1S/C11H16N6/c1-2-13-10-7-11(9-12-8-10)14-3-5-17-6-4-15-16-17/h4,6-9,13-14H,2-3,5H2,1H3. The van der Waals surface area contributed by atoms with E-state index in [1.54, 1.807) is 10.9 Å². The van der Waals surface area contributed by atoms with Crippen molar-refractivity contribution in [1.29, 1.82) is 0 Å². The minimum absolute atomic E-state index is 0.783. The van der Waals surface area contributed by atoms with E-state index in [4.69, 9.17) is 0 Å². The number of anilines is 2. The molecular weight excluding hydrogens is 216 g/mol. The molecule has 0 bridgehead atoms. The van der Waals surface area contributed by atoms with Gasteiger partial charge in [0.1, 0.15) is 0 Å². The van der Waals surface area contributed by atoms with Gasteiger partial charge in [-0.1, -0.05) is 5.21 Å². The Morgan fingerprint density at radius 1 is 1.24 bits per heavy atom. The van der Waals surface area contributed by atoms with Crippen molar-refractivity contribution in [2.75, 3.05) is 23.7 Å². The summed E-state index contributed by atoms with van der Waals surface area (Å²) < 4.78 is 1.79. The lowest BCUT2D eigenvalue weighted by molar-refractivity contribution is 0.609. The second kappa shape index (κ2) is 5.83. The third-order valence-corrected chi connectivity index (χ3v) is 2.26. The number of aromatic nitrogens is 4. The molecule has 0 saturated heterocycles. The van der Waals surface area contributed by atoms with Gasteiger partial charge in [-0.2, -0.15) is 0 Å². The molecule has 0 radical (unpaired) electrons. The van der Waals surface area contributed by atoms with E-state index < -0.39 is 0 Å². The first-order valence-electron chi connectivity index (χ1n) is 5.65. The molecule has 6 nitrogen and oxygen atoms in total. The van der Waals surface area contributed by atoms with Crippen LogP contribution in [-0.2, 0) is 6.54 Å². The van der Waals surface area contributed by atoms with E-state index in [9.17, 15) is 0 Å². The highest BCUT2D eigenvalue weighted by Crippen LogP contribution is 2.12. The molecular formula is C11H16N6. The van der Waals surface area contributed by atoms with Gasteiger partial charge in [-0.15, -0.1) is 5.10 Å². The molecule has 0 atom stereocenters. The van der Waals surface area contributed by atoms with E-state index in [1.165, 1.54) is 0 Å². The van der Waals surface area contributed by atoms with Gasteiger partial charge in [0.05, 0.1) is 36.5 Å². The highest BCUT2D eigenvalue weighted by molar-refractivity contribution is 5.53. The second-order valence-corrected chi connectivity index (χ2v) is 3.59. The summed E-state index contributed by atoms with van der Waals surface area (Å²) >= 11 is 0. The first-order valence-corrected chi connectivity index (χ1v) is 5.65. The Morgan fingerprint density at radius 3 is 2.76 bits per heavy atom. The zero-order chi connectivity index (χ0) is 11.9. The van der Waals surface area contributed by atoms with E-state index in [2.05, 4.69) is 32.9 Å². The summed E-state index contributed by atoms with van der Waals surface area (Å²) in [6.07, 6.45) is 7.14. The summed E-state index contributed by atoms with van der Waals surface area (Å²) in [6, 6.07) is 2.04. The van der Waals surface area contributed by atoms with Crippen LogP contribution in [0, 0.1) is 0 Å². The van der Waals surface area contributed by atoms with Gasteiger partial charge in [-0.3, -0.25) is 9.67 Å². The molecule has 2 heterocycles. The molecule has 17 heavy (non-hydrogen) atoms. The van der Waals surface area contributed by atoms with Crippen LogP contribution >= 0.6 is 0 Å². The fourth-order valence-electron chi connectivity index (χ4n) is 1.50. The van der Waals surface area contributed by atoms with Gasteiger partial charge in [-0.05, 0) is 13.0 Å². The van der Waals surface area contributed by atoms with E-state index in [0.29, 0.717) is 0 Å². The summed E-state index contributed by atoms with van der Waals surface area (Å²) in [5, 5.41) is 14.2. The number of hydrogen-bond acceptors (Lipinski definition) is 5. The Bertz CT molecular complexity index is 439. The fraction of sp³-hybridized carbons (Fsp3) is 0.364. The van der Waals surface area contributed by atoms with Crippen molar-refractivity contribution in [2.45, 2.75) is 13.5 Å². The zero-order valence-corrected chi connectivity index (χ0v) is 9.80. The molecule has 0 saturated carbocycles. The molecule has 2 N–H and O–H groups in total. The molecule has 0 amide bonds. The van der Waals surface area contributed by atoms with Crippen LogP contribution in [0.25, 0.3) is 0 Å². The number of nitrogens with zero attached hydrogens (tertiary/aromatic N) is 4. The van der Waals surface area contributed by atoms with Crippen molar-refractivity contribution in [3.63, 3.8) is 0 Å². The molecule has 0 fully saturated rings. The van der Waals surface area contributed by atoms with E-state index in [0.717, 1.165) is 31.0 Å². The molecule has 90 valence electrons. The Morgan fingerprint density at radius 2 is 2.06 bits per heavy atom. The lowest BCUT2D eigenvalue weighted by atomic mass is 10.3. The van der Waals surface area contributed by atoms with Crippen LogP contribution in [-0.4, -0.2) is 33.1 Å². The molecule has 2 rings (SSSR count). The lowest BCUT2D eigenvalue weighted by Crippen LogP contribution is -2.11. The first kappa shape index (κ1) is 11.4. The minimum atomic E-state index is 0.783. The molecule has 0 aromatic carbocycles. The zero-order valence-electron chi connectivity index (χ0n) is 9.80. The summed E-state index contributed by atoms with van der Waals surface area (Å²) in [5.74, 6) is 0. The van der Waals surface area contributed by atoms with Crippen molar-refractivity contribution < 1.29 is 0 Å². The van der Waals surface area contributed by atoms with Gasteiger partial charge in [-0.25, -0.2) is 0 Å². The molecule has 0 aliphatic carbocycles. The van der Waals surface area contributed by atoms with Crippen LogP contribution in [0.2, 0.25) is 0 Å². The molecule has 0 unspecified atom stereocenters. The van der Waals surface area contributed by atoms with Crippen molar-refractivity contribution in [3.8, 4) is 0 Å².